The zero-order chi connectivity index (χ0) is 12.5. The molecule has 0 spiro atoms. The Bertz CT molecular complexity index is 606. The molecule has 0 radical (unpaired) electrons. The fourth-order valence-electron chi connectivity index (χ4n) is 2.64. The summed E-state index contributed by atoms with van der Waals surface area (Å²) in [7, 11) is 1.70. The predicted octanol–water partition coefficient (Wildman–Crippen LogP) is 4.18. The SMILES string of the molecule is COc1ccc(C2=C(C)c3ccccc3C2)cc1. The summed E-state index contributed by atoms with van der Waals surface area (Å²) in [6.07, 6.45) is 1.04. The van der Waals surface area contributed by atoms with Crippen molar-refractivity contribution < 1.29 is 4.74 Å². The summed E-state index contributed by atoms with van der Waals surface area (Å²) in [4.78, 5) is 0. The number of rotatable bonds is 2. The molecule has 0 N–H and O–H groups in total. The average Bonchev–Trinajstić information content (AvgIpc) is 2.77. The highest BCUT2D eigenvalue weighted by molar-refractivity contribution is 5.96. The molecule has 1 nitrogen and oxygen atoms in total. The second kappa shape index (κ2) is 4.34. The molecule has 18 heavy (non-hydrogen) atoms. The zero-order valence-corrected chi connectivity index (χ0v) is 10.7. The van der Waals surface area contributed by atoms with Crippen LogP contribution in [0, 0.1) is 0 Å². The maximum absolute atomic E-state index is 5.20. The summed E-state index contributed by atoms with van der Waals surface area (Å²) in [6.45, 7) is 2.21. The van der Waals surface area contributed by atoms with Crippen molar-refractivity contribution in [2.24, 2.45) is 0 Å². The molecule has 0 heterocycles. The first-order valence-electron chi connectivity index (χ1n) is 6.22. The lowest BCUT2D eigenvalue weighted by molar-refractivity contribution is 0.415. The number of ether oxygens (including phenoxy) is 1. The Morgan fingerprint density at radius 3 is 2.33 bits per heavy atom. The van der Waals surface area contributed by atoms with Crippen molar-refractivity contribution in [2.45, 2.75) is 13.3 Å². The maximum atomic E-state index is 5.20. The van der Waals surface area contributed by atoms with E-state index >= 15 is 0 Å². The fraction of sp³-hybridized carbons (Fsp3) is 0.176. The van der Waals surface area contributed by atoms with E-state index in [1.165, 1.54) is 27.8 Å². The summed E-state index contributed by atoms with van der Waals surface area (Å²) in [6, 6.07) is 17.0. The number of fused-ring (bicyclic) bond motifs is 1. The molecule has 0 aliphatic heterocycles. The number of allylic oxidation sites excluding steroid dienone is 2. The van der Waals surface area contributed by atoms with Gasteiger partial charge in [-0.2, -0.15) is 0 Å². The van der Waals surface area contributed by atoms with E-state index in [-0.39, 0.29) is 0 Å². The molecule has 1 aliphatic rings. The van der Waals surface area contributed by atoms with E-state index in [0.29, 0.717) is 0 Å². The van der Waals surface area contributed by atoms with Gasteiger partial charge in [0, 0.05) is 0 Å². The highest BCUT2D eigenvalue weighted by Gasteiger charge is 2.18. The van der Waals surface area contributed by atoms with Gasteiger partial charge in [-0.3, -0.25) is 0 Å². The van der Waals surface area contributed by atoms with E-state index in [0.717, 1.165) is 12.2 Å². The molecule has 0 bridgehead atoms. The second-order valence-corrected chi connectivity index (χ2v) is 4.67. The summed E-state index contributed by atoms with van der Waals surface area (Å²) < 4.78 is 5.20. The van der Waals surface area contributed by atoms with E-state index < -0.39 is 0 Å². The summed E-state index contributed by atoms with van der Waals surface area (Å²) in [5.41, 5.74) is 6.95. The van der Waals surface area contributed by atoms with Crippen LogP contribution in [0.4, 0.5) is 0 Å². The number of hydrogen-bond acceptors (Lipinski definition) is 1. The highest BCUT2D eigenvalue weighted by atomic mass is 16.5. The molecule has 0 unspecified atom stereocenters. The van der Waals surface area contributed by atoms with Gasteiger partial charge in [0.15, 0.2) is 0 Å². The van der Waals surface area contributed by atoms with Crippen LogP contribution < -0.4 is 4.74 Å². The van der Waals surface area contributed by atoms with Crippen LogP contribution in [0.5, 0.6) is 5.75 Å². The van der Waals surface area contributed by atoms with Crippen LogP contribution in [0.1, 0.15) is 23.6 Å². The molecule has 1 heteroatoms. The quantitative estimate of drug-likeness (QED) is 0.760. The van der Waals surface area contributed by atoms with Gasteiger partial charge in [0.25, 0.3) is 0 Å². The number of benzene rings is 2. The first-order chi connectivity index (χ1) is 8.79. The van der Waals surface area contributed by atoms with Crippen molar-refractivity contribution in [1.29, 1.82) is 0 Å². The molecule has 3 rings (SSSR count). The molecular weight excluding hydrogens is 220 g/mol. The van der Waals surface area contributed by atoms with Crippen molar-refractivity contribution in [3.63, 3.8) is 0 Å². The molecular formula is C17H16O. The maximum Gasteiger partial charge on any atom is 0.118 e. The lowest BCUT2D eigenvalue weighted by atomic mass is 10.0. The molecule has 0 fully saturated rings. The first kappa shape index (κ1) is 11.1. The van der Waals surface area contributed by atoms with E-state index in [4.69, 9.17) is 4.74 Å². The van der Waals surface area contributed by atoms with Crippen molar-refractivity contribution in [3.05, 3.63) is 65.2 Å². The van der Waals surface area contributed by atoms with Crippen molar-refractivity contribution in [2.75, 3.05) is 7.11 Å². The Hall–Kier alpha value is -2.02. The van der Waals surface area contributed by atoms with Crippen LogP contribution in [0.15, 0.2) is 48.5 Å². The van der Waals surface area contributed by atoms with Crippen LogP contribution in [0.25, 0.3) is 11.1 Å². The molecule has 0 atom stereocenters. The summed E-state index contributed by atoms with van der Waals surface area (Å²) in [5.74, 6) is 0.910. The minimum absolute atomic E-state index is 0.910. The molecule has 2 aromatic carbocycles. The zero-order valence-electron chi connectivity index (χ0n) is 10.7. The van der Waals surface area contributed by atoms with Crippen molar-refractivity contribution in [3.8, 4) is 5.75 Å². The molecule has 1 aliphatic carbocycles. The van der Waals surface area contributed by atoms with Gasteiger partial charge in [-0.15, -0.1) is 0 Å². The molecule has 0 aromatic heterocycles. The molecule has 0 saturated carbocycles. The van der Waals surface area contributed by atoms with Crippen molar-refractivity contribution >= 4 is 11.1 Å². The van der Waals surface area contributed by atoms with Crippen LogP contribution in [0.3, 0.4) is 0 Å². The minimum atomic E-state index is 0.910. The minimum Gasteiger partial charge on any atom is -0.497 e. The van der Waals surface area contributed by atoms with Gasteiger partial charge in [0.1, 0.15) is 5.75 Å². The number of hydrogen-bond donors (Lipinski definition) is 0. The molecule has 0 saturated heterocycles. The van der Waals surface area contributed by atoms with Gasteiger partial charge < -0.3 is 4.74 Å². The average molecular weight is 236 g/mol. The lowest BCUT2D eigenvalue weighted by Gasteiger charge is -2.06. The third-order valence-electron chi connectivity index (χ3n) is 3.68. The summed E-state index contributed by atoms with van der Waals surface area (Å²) >= 11 is 0. The Kier molecular flexibility index (Phi) is 2.67. The number of methoxy groups -OCH3 is 1. The first-order valence-corrected chi connectivity index (χ1v) is 6.22. The van der Waals surface area contributed by atoms with Crippen LogP contribution in [-0.2, 0) is 6.42 Å². The second-order valence-electron chi connectivity index (χ2n) is 4.67. The van der Waals surface area contributed by atoms with Gasteiger partial charge in [-0.05, 0) is 53.3 Å². The van der Waals surface area contributed by atoms with Crippen LogP contribution >= 0.6 is 0 Å². The predicted molar refractivity (Wildman–Crippen MR) is 75.6 cm³/mol. The molecule has 2 aromatic rings. The van der Waals surface area contributed by atoms with Crippen LogP contribution in [-0.4, -0.2) is 7.11 Å². The third kappa shape index (κ3) is 1.72. The lowest BCUT2D eigenvalue weighted by Crippen LogP contribution is -1.87. The van der Waals surface area contributed by atoms with Gasteiger partial charge in [0.2, 0.25) is 0 Å². The Balaban J connectivity index is 2.01. The van der Waals surface area contributed by atoms with E-state index in [9.17, 15) is 0 Å². The van der Waals surface area contributed by atoms with Crippen LogP contribution in [0.2, 0.25) is 0 Å². The smallest absolute Gasteiger partial charge is 0.118 e. The van der Waals surface area contributed by atoms with Gasteiger partial charge in [0.05, 0.1) is 7.11 Å². The van der Waals surface area contributed by atoms with Gasteiger partial charge in [-0.25, -0.2) is 0 Å². The Morgan fingerprint density at radius 1 is 0.944 bits per heavy atom. The van der Waals surface area contributed by atoms with Gasteiger partial charge in [-0.1, -0.05) is 36.4 Å². The largest absolute Gasteiger partial charge is 0.497 e. The Morgan fingerprint density at radius 2 is 1.67 bits per heavy atom. The molecule has 0 amide bonds. The van der Waals surface area contributed by atoms with E-state index in [2.05, 4.69) is 43.3 Å². The summed E-state index contributed by atoms with van der Waals surface area (Å²) in [5, 5.41) is 0. The van der Waals surface area contributed by atoms with E-state index in [1.54, 1.807) is 7.11 Å². The monoisotopic (exact) mass is 236 g/mol. The van der Waals surface area contributed by atoms with E-state index in [1.807, 2.05) is 12.1 Å². The standard InChI is InChI=1S/C17H16O/c1-12-16-6-4-3-5-14(16)11-17(12)13-7-9-15(18-2)10-8-13/h3-10H,11H2,1-2H3. The molecule has 90 valence electrons. The fourth-order valence-corrected chi connectivity index (χ4v) is 2.64. The highest BCUT2D eigenvalue weighted by Crippen LogP contribution is 2.38. The normalized spacial score (nSPS) is 13.7. The Labute approximate surface area is 108 Å². The van der Waals surface area contributed by atoms with Gasteiger partial charge >= 0.3 is 0 Å². The topological polar surface area (TPSA) is 9.23 Å². The van der Waals surface area contributed by atoms with Crippen molar-refractivity contribution in [1.82, 2.24) is 0 Å². The third-order valence-corrected chi connectivity index (χ3v) is 3.68.